The van der Waals surface area contributed by atoms with E-state index in [0.29, 0.717) is 26.4 Å². The van der Waals surface area contributed by atoms with Gasteiger partial charge >= 0.3 is 0 Å². The highest BCUT2D eigenvalue weighted by atomic mass is 16.5. The van der Waals surface area contributed by atoms with Crippen molar-refractivity contribution in [2.75, 3.05) is 32.9 Å². The van der Waals surface area contributed by atoms with Crippen molar-refractivity contribution in [3.05, 3.63) is 30.3 Å². The van der Waals surface area contributed by atoms with E-state index < -0.39 is 5.60 Å². The van der Waals surface area contributed by atoms with Crippen molar-refractivity contribution in [1.82, 2.24) is 5.32 Å². The number of hydrogen-bond donors (Lipinski definition) is 2. The Bertz CT molecular complexity index is 336. The van der Waals surface area contributed by atoms with E-state index in [4.69, 9.17) is 9.47 Å². The van der Waals surface area contributed by atoms with Crippen LogP contribution in [0.15, 0.2) is 30.3 Å². The molecule has 4 nitrogen and oxygen atoms in total. The van der Waals surface area contributed by atoms with E-state index in [1.807, 2.05) is 30.3 Å². The molecule has 0 radical (unpaired) electrons. The maximum Gasteiger partial charge on any atom is 0.119 e. The molecule has 1 unspecified atom stereocenters. The van der Waals surface area contributed by atoms with Crippen molar-refractivity contribution >= 4 is 0 Å². The second kappa shape index (κ2) is 6.73. The number of aliphatic hydroxyl groups is 1. The average molecular weight is 251 g/mol. The number of hydrogen-bond acceptors (Lipinski definition) is 4. The number of nitrogens with one attached hydrogen (secondary N) is 1. The molecule has 1 aromatic carbocycles. The van der Waals surface area contributed by atoms with Gasteiger partial charge in [0, 0.05) is 19.6 Å². The molecule has 0 bridgehead atoms. The van der Waals surface area contributed by atoms with Gasteiger partial charge in [-0.05, 0) is 25.1 Å². The van der Waals surface area contributed by atoms with Gasteiger partial charge < -0.3 is 19.9 Å². The van der Waals surface area contributed by atoms with Crippen molar-refractivity contribution in [3.8, 4) is 5.75 Å². The van der Waals surface area contributed by atoms with Crippen LogP contribution in [-0.2, 0) is 4.74 Å². The smallest absolute Gasteiger partial charge is 0.119 e. The van der Waals surface area contributed by atoms with Crippen LogP contribution in [0.4, 0.5) is 0 Å². The SMILES string of the molecule is OC1(CNCCCOc2ccccc2)CCOC1. The fourth-order valence-electron chi connectivity index (χ4n) is 1.96. The van der Waals surface area contributed by atoms with Gasteiger partial charge in [-0.3, -0.25) is 0 Å². The lowest BCUT2D eigenvalue weighted by Gasteiger charge is -2.20. The Balaban J connectivity index is 1.51. The maximum absolute atomic E-state index is 10.0. The van der Waals surface area contributed by atoms with Crippen LogP contribution < -0.4 is 10.1 Å². The van der Waals surface area contributed by atoms with Crippen LogP contribution in [0.2, 0.25) is 0 Å². The molecule has 0 spiro atoms. The summed E-state index contributed by atoms with van der Waals surface area (Å²) in [4.78, 5) is 0. The highest BCUT2D eigenvalue weighted by Crippen LogP contribution is 2.16. The van der Waals surface area contributed by atoms with Crippen molar-refractivity contribution in [1.29, 1.82) is 0 Å². The summed E-state index contributed by atoms with van der Waals surface area (Å²) in [7, 11) is 0. The molecular formula is C14H21NO3. The highest BCUT2D eigenvalue weighted by Gasteiger charge is 2.31. The minimum Gasteiger partial charge on any atom is -0.494 e. The van der Waals surface area contributed by atoms with Crippen LogP contribution in [0, 0.1) is 0 Å². The van der Waals surface area contributed by atoms with Gasteiger partial charge in [-0.25, -0.2) is 0 Å². The van der Waals surface area contributed by atoms with E-state index in [1.54, 1.807) is 0 Å². The standard InChI is InChI=1S/C14H21NO3/c16-14(7-10-17-12-14)11-15-8-4-9-18-13-5-2-1-3-6-13/h1-3,5-6,15-16H,4,7-12H2. The molecule has 4 heteroatoms. The molecule has 0 saturated carbocycles. The molecule has 1 fully saturated rings. The summed E-state index contributed by atoms with van der Waals surface area (Å²) >= 11 is 0. The Kier molecular flexibility index (Phi) is 4.99. The largest absolute Gasteiger partial charge is 0.494 e. The lowest BCUT2D eigenvalue weighted by atomic mass is 10.0. The molecule has 1 saturated heterocycles. The van der Waals surface area contributed by atoms with Gasteiger partial charge in [0.25, 0.3) is 0 Å². The summed E-state index contributed by atoms with van der Waals surface area (Å²) in [6.07, 6.45) is 1.65. The highest BCUT2D eigenvalue weighted by molar-refractivity contribution is 5.20. The lowest BCUT2D eigenvalue weighted by molar-refractivity contribution is 0.0270. The van der Waals surface area contributed by atoms with E-state index in [0.717, 1.165) is 25.1 Å². The summed E-state index contributed by atoms with van der Waals surface area (Å²) in [5.41, 5.74) is -0.666. The Morgan fingerprint density at radius 3 is 2.89 bits per heavy atom. The molecule has 0 aliphatic carbocycles. The Labute approximate surface area is 108 Å². The minimum absolute atomic E-state index is 0.445. The monoisotopic (exact) mass is 251 g/mol. The van der Waals surface area contributed by atoms with E-state index in [2.05, 4.69) is 5.32 Å². The molecule has 2 rings (SSSR count). The molecule has 18 heavy (non-hydrogen) atoms. The molecule has 0 aromatic heterocycles. The van der Waals surface area contributed by atoms with E-state index >= 15 is 0 Å². The van der Waals surface area contributed by atoms with Gasteiger partial charge in [0.1, 0.15) is 11.4 Å². The Morgan fingerprint density at radius 1 is 1.33 bits per heavy atom. The normalized spacial score (nSPS) is 23.2. The molecule has 1 aliphatic rings. The second-order valence-corrected chi connectivity index (χ2v) is 4.72. The third-order valence-electron chi connectivity index (χ3n) is 3.05. The number of ether oxygens (including phenoxy) is 2. The Morgan fingerprint density at radius 2 is 2.17 bits per heavy atom. The summed E-state index contributed by atoms with van der Waals surface area (Å²) in [6.45, 7) is 3.23. The molecule has 100 valence electrons. The summed E-state index contributed by atoms with van der Waals surface area (Å²) in [6, 6.07) is 9.79. The van der Waals surface area contributed by atoms with Crippen LogP contribution in [-0.4, -0.2) is 43.6 Å². The van der Waals surface area contributed by atoms with Gasteiger partial charge in [-0.15, -0.1) is 0 Å². The van der Waals surface area contributed by atoms with Crippen LogP contribution in [0.5, 0.6) is 5.75 Å². The quantitative estimate of drug-likeness (QED) is 0.715. The second-order valence-electron chi connectivity index (χ2n) is 4.72. The minimum atomic E-state index is -0.666. The first kappa shape index (κ1) is 13.3. The van der Waals surface area contributed by atoms with Gasteiger partial charge in [0.15, 0.2) is 0 Å². The molecule has 1 aliphatic heterocycles. The molecule has 1 atom stereocenters. The average Bonchev–Trinajstić information content (AvgIpc) is 2.82. The van der Waals surface area contributed by atoms with Crippen molar-refractivity contribution in [2.24, 2.45) is 0 Å². The third kappa shape index (κ3) is 4.29. The van der Waals surface area contributed by atoms with Gasteiger partial charge in [0.05, 0.1) is 13.2 Å². The van der Waals surface area contributed by atoms with Crippen LogP contribution in [0.1, 0.15) is 12.8 Å². The van der Waals surface area contributed by atoms with Crippen LogP contribution >= 0.6 is 0 Å². The first-order valence-corrected chi connectivity index (χ1v) is 6.47. The van der Waals surface area contributed by atoms with Gasteiger partial charge in [-0.2, -0.15) is 0 Å². The van der Waals surface area contributed by atoms with E-state index in [1.165, 1.54) is 0 Å². The molecular weight excluding hydrogens is 230 g/mol. The van der Waals surface area contributed by atoms with Crippen molar-refractivity contribution in [3.63, 3.8) is 0 Å². The number of benzene rings is 1. The first-order valence-electron chi connectivity index (χ1n) is 6.47. The van der Waals surface area contributed by atoms with Crippen molar-refractivity contribution < 1.29 is 14.6 Å². The number of rotatable bonds is 7. The molecule has 2 N–H and O–H groups in total. The molecule has 1 heterocycles. The third-order valence-corrected chi connectivity index (χ3v) is 3.05. The van der Waals surface area contributed by atoms with E-state index in [-0.39, 0.29) is 0 Å². The zero-order valence-corrected chi connectivity index (χ0v) is 10.6. The fraction of sp³-hybridized carbons (Fsp3) is 0.571. The zero-order chi connectivity index (χ0) is 12.7. The van der Waals surface area contributed by atoms with Crippen LogP contribution in [0.25, 0.3) is 0 Å². The van der Waals surface area contributed by atoms with E-state index in [9.17, 15) is 5.11 Å². The topological polar surface area (TPSA) is 50.7 Å². The summed E-state index contributed by atoms with van der Waals surface area (Å²) in [5.74, 6) is 0.903. The molecule has 0 amide bonds. The Hall–Kier alpha value is -1.10. The summed E-state index contributed by atoms with van der Waals surface area (Å²) in [5, 5.41) is 13.3. The fourth-order valence-corrected chi connectivity index (χ4v) is 1.96. The predicted octanol–water partition coefficient (Wildman–Crippen LogP) is 1.20. The predicted molar refractivity (Wildman–Crippen MR) is 69.8 cm³/mol. The maximum atomic E-state index is 10.0. The van der Waals surface area contributed by atoms with Crippen LogP contribution in [0.3, 0.4) is 0 Å². The van der Waals surface area contributed by atoms with Gasteiger partial charge in [-0.1, -0.05) is 18.2 Å². The zero-order valence-electron chi connectivity index (χ0n) is 10.6. The van der Waals surface area contributed by atoms with Crippen molar-refractivity contribution in [2.45, 2.75) is 18.4 Å². The first-order chi connectivity index (χ1) is 8.79. The number of para-hydroxylation sites is 1. The summed E-state index contributed by atoms with van der Waals surface area (Å²) < 4.78 is 10.8. The lowest BCUT2D eigenvalue weighted by Crippen LogP contribution is -2.41. The van der Waals surface area contributed by atoms with Gasteiger partial charge in [0.2, 0.25) is 0 Å². The molecule has 1 aromatic rings.